The van der Waals surface area contributed by atoms with Gasteiger partial charge in [-0.3, -0.25) is 9.69 Å². The Morgan fingerprint density at radius 1 is 1.28 bits per heavy atom. The van der Waals surface area contributed by atoms with Crippen LogP contribution in [0.25, 0.3) is 0 Å². The maximum atomic E-state index is 11.9. The van der Waals surface area contributed by atoms with Crippen LogP contribution in [0.2, 0.25) is 5.02 Å². The van der Waals surface area contributed by atoms with Gasteiger partial charge in [0.05, 0.1) is 17.2 Å². The van der Waals surface area contributed by atoms with E-state index in [0.717, 1.165) is 0 Å². The van der Waals surface area contributed by atoms with Gasteiger partial charge in [-0.05, 0) is 12.1 Å². The summed E-state index contributed by atoms with van der Waals surface area (Å²) in [6.07, 6.45) is -1.08. The first-order valence-corrected chi connectivity index (χ1v) is 6.32. The van der Waals surface area contributed by atoms with Crippen molar-refractivity contribution >= 4 is 17.4 Å². The lowest BCUT2D eigenvalue weighted by molar-refractivity contribution is 0.0572. The molecule has 5 heteroatoms. The van der Waals surface area contributed by atoms with Gasteiger partial charge in [0.1, 0.15) is 0 Å². The van der Waals surface area contributed by atoms with Crippen LogP contribution >= 0.6 is 11.6 Å². The van der Waals surface area contributed by atoms with E-state index in [2.05, 4.69) is 0 Å². The number of aliphatic hydroxyl groups is 2. The highest BCUT2D eigenvalue weighted by molar-refractivity contribution is 6.33. The lowest BCUT2D eigenvalue weighted by Crippen LogP contribution is -2.25. The SMILES string of the molecule is O=C(CCN1CC(O)C(O)C1)c1ccccc1Cl. The van der Waals surface area contributed by atoms with Crippen LogP contribution in [0.3, 0.4) is 0 Å². The zero-order chi connectivity index (χ0) is 13.1. The monoisotopic (exact) mass is 269 g/mol. The summed E-state index contributed by atoms with van der Waals surface area (Å²) in [4.78, 5) is 13.8. The van der Waals surface area contributed by atoms with Crippen molar-refractivity contribution in [1.82, 2.24) is 4.90 Å². The Bertz CT molecular complexity index is 428. The number of benzene rings is 1. The van der Waals surface area contributed by atoms with Gasteiger partial charge in [0, 0.05) is 31.6 Å². The summed E-state index contributed by atoms with van der Waals surface area (Å²) < 4.78 is 0. The summed E-state index contributed by atoms with van der Waals surface area (Å²) in [7, 11) is 0. The van der Waals surface area contributed by atoms with Gasteiger partial charge < -0.3 is 10.2 Å². The standard InChI is InChI=1S/C13H16ClNO3/c14-10-4-2-1-3-9(10)11(16)5-6-15-7-12(17)13(18)8-15/h1-4,12-13,17-18H,5-8H2. The summed E-state index contributed by atoms with van der Waals surface area (Å²) in [5.74, 6) is -0.0171. The number of hydrogen-bond donors (Lipinski definition) is 2. The highest BCUT2D eigenvalue weighted by Gasteiger charge is 2.29. The van der Waals surface area contributed by atoms with Crippen LogP contribution < -0.4 is 0 Å². The van der Waals surface area contributed by atoms with Gasteiger partial charge in [-0.2, -0.15) is 0 Å². The van der Waals surface area contributed by atoms with E-state index in [-0.39, 0.29) is 5.78 Å². The number of β-amino-alcohol motifs (C(OH)–C–C–N with tert-alkyl or cyclic N) is 2. The van der Waals surface area contributed by atoms with E-state index in [1.165, 1.54) is 0 Å². The molecule has 0 bridgehead atoms. The summed E-state index contributed by atoms with van der Waals surface area (Å²) in [6.45, 7) is 1.35. The Morgan fingerprint density at radius 2 is 1.89 bits per heavy atom. The Labute approximate surface area is 111 Å². The van der Waals surface area contributed by atoms with E-state index in [1.54, 1.807) is 24.3 Å². The molecule has 2 unspecified atom stereocenters. The minimum absolute atomic E-state index is 0.0171. The van der Waals surface area contributed by atoms with Crippen LogP contribution in [0.4, 0.5) is 0 Å². The van der Waals surface area contributed by atoms with Crippen molar-refractivity contribution in [3.8, 4) is 0 Å². The van der Waals surface area contributed by atoms with Gasteiger partial charge in [0.25, 0.3) is 0 Å². The molecule has 0 aromatic heterocycles. The van der Waals surface area contributed by atoms with Gasteiger partial charge in [0.2, 0.25) is 0 Å². The molecule has 0 spiro atoms. The molecule has 18 heavy (non-hydrogen) atoms. The molecule has 2 N–H and O–H groups in total. The fraction of sp³-hybridized carbons (Fsp3) is 0.462. The number of likely N-dealkylation sites (tertiary alicyclic amines) is 1. The minimum Gasteiger partial charge on any atom is -0.389 e. The molecule has 0 radical (unpaired) electrons. The molecule has 2 rings (SSSR count). The highest BCUT2D eigenvalue weighted by Crippen LogP contribution is 2.17. The number of halogens is 1. The normalized spacial score (nSPS) is 24.4. The van der Waals surface area contributed by atoms with Gasteiger partial charge in [-0.1, -0.05) is 23.7 Å². The summed E-state index contributed by atoms with van der Waals surface area (Å²) >= 11 is 5.95. The minimum atomic E-state index is -0.708. The first-order chi connectivity index (χ1) is 8.58. The lowest BCUT2D eigenvalue weighted by atomic mass is 10.1. The first-order valence-electron chi connectivity index (χ1n) is 5.94. The number of carbonyl (C=O) groups excluding carboxylic acids is 1. The molecule has 1 heterocycles. The molecule has 1 aromatic carbocycles. The zero-order valence-corrected chi connectivity index (χ0v) is 10.7. The Balaban J connectivity index is 1.88. The Morgan fingerprint density at radius 3 is 2.50 bits per heavy atom. The molecular weight excluding hydrogens is 254 g/mol. The third-order valence-corrected chi connectivity index (χ3v) is 3.49. The third kappa shape index (κ3) is 3.09. The molecule has 4 nitrogen and oxygen atoms in total. The van der Waals surface area contributed by atoms with Crippen LogP contribution in [0, 0.1) is 0 Å². The number of Topliss-reactive ketones (excluding diaryl/α,β-unsaturated/α-hetero) is 1. The fourth-order valence-corrected chi connectivity index (χ4v) is 2.35. The Hall–Kier alpha value is -0.940. The van der Waals surface area contributed by atoms with E-state index in [4.69, 9.17) is 11.6 Å². The van der Waals surface area contributed by atoms with E-state index in [1.807, 2.05) is 4.90 Å². The number of aliphatic hydroxyl groups excluding tert-OH is 2. The molecular formula is C13H16ClNO3. The van der Waals surface area contributed by atoms with Gasteiger partial charge in [0.15, 0.2) is 5.78 Å². The second-order valence-electron chi connectivity index (χ2n) is 4.55. The van der Waals surface area contributed by atoms with Crippen LogP contribution in [-0.4, -0.2) is 52.7 Å². The molecule has 1 aliphatic heterocycles. The predicted molar refractivity (Wildman–Crippen MR) is 68.9 cm³/mol. The molecule has 1 fully saturated rings. The average Bonchev–Trinajstić information content (AvgIpc) is 2.66. The predicted octanol–water partition coefficient (Wildman–Crippen LogP) is 0.950. The molecule has 2 atom stereocenters. The molecule has 1 aromatic rings. The molecule has 0 amide bonds. The highest BCUT2D eigenvalue weighted by atomic mass is 35.5. The van der Waals surface area contributed by atoms with Crippen molar-refractivity contribution in [2.45, 2.75) is 18.6 Å². The van der Waals surface area contributed by atoms with Crippen molar-refractivity contribution in [2.24, 2.45) is 0 Å². The molecule has 1 aliphatic rings. The van der Waals surface area contributed by atoms with E-state index >= 15 is 0 Å². The van der Waals surface area contributed by atoms with Gasteiger partial charge in [-0.25, -0.2) is 0 Å². The number of hydrogen-bond acceptors (Lipinski definition) is 4. The number of rotatable bonds is 4. The van der Waals surface area contributed by atoms with Gasteiger partial charge >= 0.3 is 0 Å². The maximum absolute atomic E-state index is 11.9. The van der Waals surface area contributed by atoms with Crippen LogP contribution in [0.1, 0.15) is 16.8 Å². The molecule has 0 aliphatic carbocycles. The van der Waals surface area contributed by atoms with Gasteiger partial charge in [-0.15, -0.1) is 0 Å². The molecule has 98 valence electrons. The van der Waals surface area contributed by atoms with Crippen LogP contribution in [0.5, 0.6) is 0 Å². The van der Waals surface area contributed by atoms with Crippen molar-refractivity contribution in [1.29, 1.82) is 0 Å². The first kappa shape index (κ1) is 13.5. The topological polar surface area (TPSA) is 60.8 Å². The third-order valence-electron chi connectivity index (χ3n) is 3.16. The van der Waals surface area contributed by atoms with E-state index < -0.39 is 12.2 Å². The lowest BCUT2D eigenvalue weighted by Gasteiger charge is -2.13. The average molecular weight is 270 g/mol. The van der Waals surface area contributed by atoms with Crippen molar-refractivity contribution in [3.05, 3.63) is 34.9 Å². The quantitative estimate of drug-likeness (QED) is 0.799. The smallest absolute Gasteiger partial charge is 0.165 e. The molecule has 1 saturated heterocycles. The summed E-state index contributed by atoms with van der Waals surface area (Å²) in [5, 5.41) is 19.3. The van der Waals surface area contributed by atoms with E-state index in [0.29, 0.717) is 36.6 Å². The Kier molecular flexibility index (Phi) is 4.35. The zero-order valence-electron chi connectivity index (χ0n) is 9.92. The maximum Gasteiger partial charge on any atom is 0.165 e. The second-order valence-corrected chi connectivity index (χ2v) is 4.95. The molecule has 0 saturated carbocycles. The largest absolute Gasteiger partial charge is 0.389 e. The summed E-state index contributed by atoms with van der Waals surface area (Å²) in [5.41, 5.74) is 0.527. The van der Waals surface area contributed by atoms with Crippen LogP contribution in [0.15, 0.2) is 24.3 Å². The summed E-state index contributed by atoms with van der Waals surface area (Å²) in [6, 6.07) is 6.96. The van der Waals surface area contributed by atoms with Crippen molar-refractivity contribution in [3.63, 3.8) is 0 Å². The van der Waals surface area contributed by atoms with E-state index in [9.17, 15) is 15.0 Å². The number of nitrogens with zero attached hydrogens (tertiary/aromatic N) is 1. The number of carbonyl (C=O) groups is 1. The van der Waals surface area contributed by atoms with Crippen molar-refractivity contribution in [2.75, 3.05) is 19.6 Å². The fourth-order valence-electron chi connectivity index (χ4n) is 2.11. The van der Waals surface area contributed by atoms with Crippen LogP contribution in [-0.2, 0) is 0 Å². The second kappa shape index (κ2) is 5.80. The van der Waals surface area contributed by atoms with Crippen molar-refractivity contribution < 1.29 is 15.0 Å². The number of ketones is 1.